The van der Waals surface area contributed by atoms with E-state index in [4.69, 9.17) is 10.3 Å². The Morgan fingerprint density at radius 1 is 1.53 bits per heavy atom. The van der Waals surface area contributed by atoms with Crippen LogP contribution < -0.4 is 5.73 Å². The molecule has 0 aliphatic heterocycles. The fourth-order valence-corrected chi connectivity index (χ4v) is 3.32. The summed E-state index contributed by atoms with van der Waals surface area (Å²) >= 11 is 5.00. The van der Waals surface area contributed by atoms with E-state index in [-0.39, 0.29) is 5.54 Å². The van der Waals surface area contributed by atoms with E-state index in [0.717, 1.165) is 22.2 Å². The van der Waals surface area contributed by atoms with Crippen LogP contribution >= 0.6 is 27.3 Å². The molecule has 90 valence electrons. The van der Waals surface area contributed by atoms with Crippen molar-refractivity contribution in [1.29, 1.82) is 0 Å². The Bertz CT molecular complexity index is 532. The maximum absolute atomic E-state index is 6.15. The molecule has 17 heavy (non-hydrogen) atoms. The van der Waals surface area contributed by atoms with Crippen molar-refractivity contribution in [3.05, 3.63) is 21.8 Å². The van der Waals surface area contributed by atoms with Gasteiger partial charge in [-0.3, -0.25) is 0 Å². The van der Waals surface area contributed by atoms with Crippen molar-refractivity contribution in [2.24, 2.45) is 5.73 Å². The summed E-state index contributed by atoms with van der Waals surface area (Å²) in [7, 11) is 0. The summed E-state index contributed by atoms with van der Waals surface area (Å²) < 4.78 is 6.29. The van der Waals surface area contributed by atoms with Crippen molar-refractivity contribution in [3.8, 4) is 10.7 Å². The molecule has 0 atom stereocenters. The minimum atomic E-state index is -0.111. The van der Waals surface area contributed by atoms with Crippen molar-refractivity contribution < 1.29 is 4.52 Å². The Morgan fingerprint density at radius 3 is 2.94 bits per heavy atom. The lowest BCUT2D eigenvalue weighted by atomic mass is 9.75. The van der Waals surface area contributed by atoms with Crippen LogP contribution in [0.1, 0.15) is 25.2 Å². The lowest BCUT2D eigenvalue weighted by Gasteiger charge is -2.36. The molecule has 3 rings (SSSR count). The number of hydrogen-bond donors (Lipinski definition) is 1. The Balaban J connectivity index is 1.78. The fourth-order valence-electron chi connectivity index (χ4n) is 1.97. The van der Waals surface area contributed by atoms with Gasteiger partial charge in [-0.25, -0.2) is 0 Å². The van der Waals surface area contributed by atoms with E-state index < -0.39 is 0 Å². The SMILES string of the molecule is NC1(Cc2nc(-c3cc(Br)cs3)no2)CCC1. The second-order valence-corrected chi connectivity index (χ2v) is 6.36. The van der Waals surface area contributed by atoms with Crippen LogP contribution in [0.25, 0.3) is 10.7 Å². The summed E-state index contributed by atoms with van der Waals surface area (Å²) in [6.45, 7) is 0. The lowest BCUT2D eigenvalue weighted by molar-refractivity contribution is 0.222. The van der Waals surface area contributed by atoms with Gasteiger partial charge in [0.1, 0.15) is 0 Å². The molecule has 1 fully saturated rings. The molecular weight excluding hydrogens is 302 g/mol. The summed E-state index contributed by atoms with van der Waals surface area (Å²) in [5.74, 6) is 1.30. The van der Waals surface area contributed by atoms with Gasteiger partial charge in [0.15, 0.2) is 0 Å². The zero-order chi connectivity index (χ0) is 11.9. The Hall–Kier alpha value is -0.720. The molecule has 0 amide bonds. The topological polar surface area (TPSA) is 64.9 Å². The average molecular weight is 314 g/mol. The van der Waals surface area contributed by atoms with Crippen LogP contribution in [0, 0.1) is 0 Å². The quantitative estimate of drug-likeness (QED) is 0.946. The summed E-state index contributed by atoms with van der Waals surface area (Å²) in [6.07, 6.45) is 3.99. The Kier molecular flexibility index (Phi) is 2.80. The molecule has 6 heteroatoms. The molecule has 2 N–H and O–H groups in total. The van der Waals surface area contributed by atoms with Crippen molar-refractivity contribution in [2.75, 3.05) is 0 Å². The largest absolute Gasteiger partial charge is 0.339 e. The molecule has 1 aliphatic rings. The van der Waals surface area contributed by atoms with E-state index in [9.17, 15) is 0 Å². The number of halogens is 1. The molecular formula is C11H12BrN3OS. The highest BCUT2D eigenvalue weighted by Crippen LogP contribution is 2.33. The summed E-state index contributed by atoms with van der Waals surface area (Å²) in [5, 5.41) is 5.99. The van der Waals surface area contributed by atoms with E-state index in [0.29, 0.717) is 18.1 Å². The molecule has 0 aromatic carbocycles. The van der Waals surface area contributed by atoms with Crippen molar-refractivity contribution in [3.63, 3.8) is 0 Å². The van der Waals surface area contributed by atoms with E-state index in [1.807, 2.05) is 11.4 Å². The zero-order valence-corrected chi connectivity index (χ0v) is 11.6. The van der Waals surface area contributed by atoms with Gasteiger partial charge in [0.2, 0.25) is 11.7 Å². The lowest BCUT2D eigenvalue weighted by Crippen LogP contribution is -2.48. The van der Waals surface area contributed by atoms with Crippen molar-refractivity contribution in [1.82, 2.24) is 10.1 Å². The van der Waals surface area contributed by atoms with E-state index in [2.05, 4.69) is 26.1 Å². The van der Waals surface area contributed by atoms with Crippen LogP contribution in [-0.2, 0) is 6.42 Å². The van der Waals surface area contributed by atoms with E-state index in [1.165, 1.54) is 6.42 Å². The Morgan fingerprint density at radius 2 is 2.35 bits per heavy atom. The molecule has 0 unspecified atom stereocenters. The van der Waals surface area contributed by atoms with Gasteiger partial charge in [0.25, 0.3) is 0 Å². The number of aromatic nitrogens is 2. The third-order valence-corrected chi connectivity index (χ3v) is 4.80. The third-order valence-electron chi connectivity index (χ3n) is 3.11. The van der Waals surface area contributed by atoms with Gasteiger partial charge in [-0.2, -0.15) is 4.98 Å². The van der Waals surface area contributed by atoms with Gasteiger partial charge in [0.05, 0.1) is 4.88 Å². The third kappa shape index (κ3) is 2.29. The van der Waals surface area contributed by atoms with Gasteiger partial charge in [-0.05, 0) is 41.3 Å². The van der Waals surface area contributed by atoms with Crippen LogP contribution in [0.3, 0.4) is 0 Å². The van der Waals surface area contributed by atoms with E-state index in [1.54, 1.807) is 11.3 Å². The van der Waals surface area contributed by atoms with Gasteiger partial charge >= 0.3 is 0 Å². The number of nitrogens with two attached hydrogens (primary N) is 1. The number of nitrogens with zero attached hydrogens (tertiary/aromatic N) is 2. The predicted molar refractivity (Wildman–Crippen MR) is 69.8 cm³/mol. The zero-order valence-electron chi connectivity index (χ0n) is 9.15. The van der Waals surface area contributed by atoms with Crippen LogP contribution in [0.4, 0.5) is 0 Å². The van der Waals surface area contributed by atoms with Crippen molar-refractivity contribution >= 4 is 27.3 Å². The first-order valence-corrected chi connectivity index (χ1v) is 7.18. The monoisotopic (exact) mass is 313 g/mol. The molecule has 0 bridgehead atoms. The molecule has 0 saturated heterocycles. The molecule has 0 spiro atoms. The smallest absolute Gasteiger partial charge is 0.228 e. The van der Waals surface area contributed by atoms with Gasteiger partial charge in [-0.15, -0.1) is 11.3 Å². The normalized spacial score (nSPS) is 18.0. The van der Waals surface area contributed by atoms with Crippen LogP contribution in [0.2, 0.25) is 0 Å². The standard InChI is InChI=1S/C11H12BrN3OS/c12-7-4-8(17-6-7)10-14-9(16-15-10)5-11(13)2-1-3-11/h4,6H,1-3,5,13H2. The number of hydrogen-bond acceptors (Lipinski definition) is 5. The average Bonchev–Trinajstić information content (AvgIpc) is 2.84. The molecule has 0 radical (unpaired) electrons. The van der Waals surface area contributed by atoms with Crippen molar-refractivity contribution in [2.45, 2.75) is 31.2 Å². The van der Waals surface area contributed by atoms with Crippen LogP contribution in [-0.4, -0.2) is 15.7 Å². The highest BCUT2D eigenvalue weighted by Gasteiger charge is 2.34. The fraction of sp³-hybridized carbons (Fsp3) is 0.455. The highest BCUT2D eigenvalue weighted by atomic mass is 79.9. The van der Waals surface area contributed by atoms with E-state index >= 15 is 0 Å². The van der Waals surface area contributed by atoms with Crippen LogP contribution in [0.15, 0.2) is 20.4 Å². The molecule has 2 heterocycles. The highest BCUT2D eigenvalue weighted by molar-refractivity contribution is 9.10. The van der Waals surface area contributed by atoms with Gasteiger partial charge in [0, 0.05) is 21.8 Å². The van der Waals surface area contributed by atoms with Gasteiger partial charge < -0.3 is 10.3 Å². The predicted octanol–water partition coefficient (Wildman–Crippen LogP) is 2.98. The minimum absolute atomic E-state index is 0.111. The second kappa shape index (κ2) is 4.19. The molecule has 2 aromatic heterocycles. The first-order chi connectivity index (χ1) is 8.15. The molecule has 1 saturated carbocycles. The maximum atomic E-state index is 6.15. The molecule has 4 nitrogen and oxygen atoms in total. The first-order valence-electron chi connectivity index (χ1n) is 5.51. The summed E-state index contributed by atoms with van der Waals surface area (Å²) in [6, 6.07) is 1.99. The Labute approximate surface area is 111 Å². The van der Waals surface area contributed by atoms with Crippen LogP contribution in [0.5, 0.6) is 0 Å². The number of rotatable bonds is 3. The minimum Gasteiger partial charge on any atom is -0.339 e. The molecule has 1 aliphatic carbocycles. The van der Waals surface area contributed by atoms with Gasteiger partial charge in [-0.1, -0.05) is 5.16 Å². The summed E-state index contributed by atoms with van der Waals surface area (Å²) in [5.41, 5.74) is 6.04. The second-order valence-electron chi connectivity index (χ2n) is 4.53. The molecule has 2 aromatic rings. The number of thiophene rings is 1. The first kappa shape index (κ1) is 11.4. The summed E-state index contributed by atoms with van der Waals surface area (Å²) in [4.78, 5) is 5.40. The maximum Gasteiger partial charge on any atom is 0.228 e.